The molecule has 0 aliphatic rings. The van der Waals surface area contributed by atoms with Gasteiger partial charge in [0.05, 0.1) is 6.10 Å². The van der Waals surface area contributed by atoms with Crippen LogP contribution in [-0.2, 0) is 24.4 Å². The predicted molar refractivity (Wildman–Crippen MR) is 87.5 cm³/mol. The zero-order valence-electron chi connectivity index (χ0n) is 16.2. The Bertz CT molecular complexity index is 545. The van der Waals surface area contributed by atoms with E-state index in [2.05, 4.69) is 0 Å². The summed E-state index contributed by atoms with van der Waals surface area (Å²) < 4.78 is 36.4. The van der Waals surface area contributed by atoms with Gasteiger partial charge in [-0.1, -0.05) is 34.6 Å². The zero-order chi connectivity index (χ0) is 19.3. The number of carbonyl (C=O) groups excluding carboxylic acids is 2. The van der Waals surface area contributed by atoms with Crippen molar-refractivity contribution < 1.29 is 62.0 Å². The summed E-state index contributed by atoms with van der Waals surface area (Å²) in [5, 5.41) is 11.1. The molecule has 0 radical (unpaired) electrons. The van der Waals surface area contributed by atoms with Gasteiger partial charge in [0.1, 0.15) is 0 Å². The summed E-state index contributed by atoms with van der Waals surface area (Å²) in [6.07, 6.45) is -1.04. The van der Waals surface area contributed by atoms with Crippen LogP contribution in [-0.4, -0.2) is 35.8 Å². The third kappa shape index (κ3) is 7.95. The van der Waals surface area contributed by atoms with Crippen LogP contribution >= 0.6 is 0 Å². The molecule has 0 saturated carbocycles. The molecule has 25 heavy (non-hydrogen) atoms. The second-order valence-electron chi connectivity index (χ2n) is 7.29. The van der Waals surface area contributed by atoms with Gasteiger partial charge in [0.25, 0.3) is 10.1 Å². The molecule has 0 amide bonds. The number of carbonyl (C=O) groups is 2. The van der Waals surface area contributed by atoms with Crippen molar-refractivity contribution in [2.75, 3.05) is 0 Å². The van der Waals surface area contributed by atoms with Crippen molar-refractivity contribution in [2.24, 2.45) is 17.8 Å². The van der Waals surface area contributed by atoms with Crippen LogP contribution in [0.3, 0.4) is 0 Å². The maximum atomic E-state index is 12.6. The van der Waals surface area contributed by atoms with Gasteiger partial charge < -0.3 is 14.6 Å². The largest absolute Gasteiger partial charge is 1.00 e. The molecule has 0 aliphatic heterocycles. The molecule has 0 spiro atoms. The summed E-state index contributed by atoms with van der Waals surface area (Å²) in [4.78, 5) is 23.7. The van der Waals surface area contributed by atoms with Crippen molar-refractivity contribution in [2.45, 2.75) is 71.7 Å². The first-order valence-electron chi connectivity index (χ1n) is 8.12. The Hall–Kier alpha value is -0.150. The molecule has 3 unspecified atom stereocenters. The molecule has 1 N–H and O–H groups in total. The fourth-order valence-electron chi connectivity index (χ4n) is 3.00. The number of carboxylic acid groups (broad SMARTS) is 1. The summed E-state index contributed by atoms with van der Waals surface area (Å²) in [6.45, 7) is 10.4. The quantitative estimate of drug-likeness (QED) is 0.272. The monoisotopic (exact) mass is 388 g/mol. The van der Waals surface area contributed by atoms with Gasteiger partial charge in [0.2, 0.25) is 4.75 Å². The third-order valence-electron chi connectivity index (χ3n) is 3.95. The minimum atomic E-state index is -5.04. The Morgan fingerprint density at radius 3 is 1.80 bits per heavy atom. The van der Waals surface area contributed by atoms with Gasteiger partial charge in [0.15, 0.2) is 0 Å². The number of rotatable bonds is 10. The molecule has 0 aromatic rings. The van der Waals surface area contributed by atoms with Gasteiger partial charge in [-0.25, -0.2) is 0 Å². The maximum Gasteiger partial charge on any atom is 1.00 e. The predicted octanol–water partition coefficient (Wildman–Crippen LogP) is -1.58. The van der Waals surface area contributed by atoms with Crippen LogP contribution in [0, 0.1) is 17.8 Å². The van der Waals surface area contributed by atoms with Gasteiger partial charge in [-0.15, -0.1) is 0 Å². The van der Waals surface area contributed by atoms with E-state index >= 15 is 0 Å². The van der Waals surface area contributed by atoms with E-state index < -0.39 is 45.2 Å². The smallest absolute Gasteiger partial charge is 0.550 e. The van der Waals surface area contributed by atoms with E-state index in [0.29, 0.717) is 6.42 Å². The summed E-state index contributed by atoms with van der Waals surface area (Å²) in [5.41, 5.74) is 0. The molecule has 0 aliphatic carbocycles. The van der Waals surface area contributed by atoms with Gasteiger partial charge in [-0.05, 0) is 37.5 Å². The van der Waals surface area contributed by atoms with E-state index in [9.17, 15) is 27.7 Å². The molecule has 0 aromatic heterocycles. The average molecular weight is 388 g/mol. The van der Waals surface area contributed by atoms with Crippen LogP contribution in [0.2, 0.25) is 0 Å². The molecule has 0 saturated heterocycles. The Labute approximate surface area is 172 Å². The van der Waals surface area contributed by atoms with E-state index in [1.165, 1.54) is 6.92 Å². The minimum Gasteiger partial charge on any atom is -0.550 e. The van der Waals surface area contributed by atoms with Crippen molar-refractivity contribution in [1.29, 1.82) is 0 Å². The molecule has 0 bridgehead atoms. The normalized spacial score (nSPS) is 16.7. The van der Waals surface area contributed by atoms with E-state index in [1.807, 2.05) is 13.8 Å². The van der Waals surface area contributed by atoms with Gasteiger partial charge in [0, 0.05) is 12.4 Å². The van der Waals surface area contributed by atoms with Crippen molar-refractivity contribution in [3.63, 3.8) is 0 Å². The van der Waals surface area contributed by atoms with Gasteiger partial charge in [-0.3, -0.25) is 9.35 Å². The van der Waals surface area contributed by atoms with Gasteiger partial charge >= 0.3 is 35.5 Å². The van der Waals surface area contributed by atoms with E-state index in [1.54, 1.807) is 20.8 Å². The van der Waals surface area contributed by atoms with E-state index in [4.69, 9.17) is 4.74 Å². The Balaban J connectivity index is 0. The van der Waals surface area contributed by atoms with E-state index in [-0.39, 0.29) is 47.8 Å². The first kappa shape index (κ1) is 27.1. The third-order valence-corrected chi connectivity index (χ3v) is 5.58. The minimum absolute atomic E-state index is 0. The van der Waals surface area contributed by atoms with Gasteiger partial charge in [-0.2, -0.15) is 8.42 Å². The van der Waals surface area contributed by atoms with Crippen LogP contribution in [0.4, 0.5) is 0 Å². The van der Waals surface area contributed by atoms with Crippen molar-refractivity contribution in [3.05, 3.63) is 0 Å². The fraction of sp³-hybridized carbons (Fsp3) is 0.875. The van der Waals surface area contributed by atoms with Crippen LogP contribution in [0.1, 0.15) is 60.8 Å². The average Bonchev–Trinajstić information content (AvgIpc) is 2.31. The first-order valence-corrected chi connectivity index (χ1v) is 9.56. The number of ether oxygens (including phenoxy) is 1. The molecule has 0 rings (SSSR count). The molecule has 7 nitrogen and oxygen atoms in total. The summed E-state index contributed by atoms with van der Waals surface area (Å²) in [7, 11) is -5.04. The number of carboxylic acids is 1. The summed E-state index contributed by atoms with van der Waals surface area (Å²) in [6, 6.07) is 0. The van der Waals surface area contributed by atoms with Crippen LogP contribution in [0.25, 0.3) is 0 Å². The number of hydrogen-bond donors (Lipinski definition) is 1. The molecule has 0 fully saturated rings. The first-order chi connectivity index (χ1) is 10.7. The SMILES string of the molecule is CC(C)CC(C)OC(=O)C(CC(=O)[O-])(C(C)CC(C)C)S(=O)(=O)O.[Na+]. The molecular formula is C16H29NaO7S. The second kappa shape index (κ2) is 10.9. The van der Waals surface area contributed by atoms with E-state index in [0.717, 1.165) is 0 Å². The Morgan fingerprint density at radius 2 is 1.48 bits per heavy atom. The van der Waals surface area contributed by atoms with Crippen molar-refractivity contribution >= 4 is 22.1 Å². The molecule has 0 aromatic carbocycles. The zero-order valence-corrected chi connectivity index (χ0v) is 19.1. The molecule has 0 heterocycles. The van der Waals surface area contributed by atoms with Crippen LogP contribution < -0.4 is 34.7 Å². The topological polar surface area (TPSA) is 121 Å². The molecular weight excluding hydrogens is 359 g/mol. The van der Waals surface area contributed by atoms with Crippen LogP contribution in [0.15, 0.2) is 0 Å². The van der Waals surface area contributed by atoms with Crippen molar-refractivity contribution in [1.82, 2.24) is 0 Å². The van der Waals surface area contributed by atoms with Crippen molar-refractivity contribution in [3.8, 4) is 0 Å². The number of esters is 1. The standard InChI is InChI=1S/C16H30O7S.Na/c1-10(2)7-12(5)16(9-14(17)18,24(20,21)22)15(19)23-13(6)8-11(3)4;/h10-13H,7-9H2,1-6H3,(H,17,18)(H,20,21,22);/q;+1/p-1. The number of aliphatic carboxylic acids is 1. The molecule has 9 heteroatoms. The molecule has 142 valence electrons. The number of hydrogen-bond acceptors (Lipinski definition) is 6. The Kier molecular flexibility index (Phi) is 11.8. The maximum absolute atomic E-state index is 12.6. The second-order valence-corrected chi connectivity index (χ2v) is 8.97. The fourth-order valence-corrected chi connectivity index (χ4v) is 4.17. The summed E-state index contributed by atoms with van der Waals surface area (Å²) >= 11 is 0. The Morgan fingerprint density at radius 1 is 1.04 bits per heavy atom. The summed E-state index contributed by atoms with van der Waals surface area (Å²) in [5.74, 6) is -3.75. The van der Waals surface area contributed by atoms with Crippen LogP contribution in [0.5, 0.6) is 0 Å². The molecule has 3 atom stereocenters.